The quantitative estimate of drug-likeness (QED) is 0.392. The van der Waals surface area contributed by atoms with Crippen LogP contribution in [0.1, 0.15) is 68.6 Å². The molecule has 1 amide bonds. The number of rotatable bonds is 3. The predicted molar refractivity (Wildman–Crippen MR) is 131 cm³/mol. The van der Waals surface area contributed by atoms with Gasteiger partial charge in [0.15, 0.2) is 0 Å². The van der Waals surface area contributed by atoms with E-state index in [2.05, 4.69) is 99.9 Å². The summed E-state index contributed by atoms with van der Waals surface area (Å²) in [7, 11) is 1.88. The number of halogens is 1. The molecule has 0 aliphatic rings. The van der Waals surface area contributed by atoms with Gasteiger partial charge < -0.3 is 4.90 Å². The molecule has 30 heavy (non-hydrogen) atoms. The molecule has 0 radical (unpaired) electrons. The van der Waals surface area contributed by atoms with E-state index in [0.717, 1.165) is 15.6 Å². The van der Waals surface area contributed by atoms with Gasteiger partial charge in [0.1, 0.15) is 0 Å². The fourth-order valence-electron chi connectivity index (χ4n) is 3.58. The second-order valence-electron chi connectivity index (χ2n) is 10.3. The van der Waals surface area contributed by atoms with Crippen LogP contribution in [-0.2, 0) is 17.4 Å². The summed E-state index contributed by atoms with van der Waals surface area (Å²) in [6.07, 6.45) is 0. The lowest BCUT2D eigenvalue weighted by atomic mass is 9.79. The van der Waals surface area contributed by atoms with E-state index in [0.29, 0.717) is 6.54 Å². The third-order valence-electron chi connectivity index (χ3n) is 5.57. The van der Waals surface area contributed by atoms with Crippen LogP contribution in [0.5, 0.6) is 0 Å². The summed E-state index contributed by atoms with van der Waals surface area (Å²) in [5, 5.41) is 2.36. The number of hydrogen-bond donors (Lipinski definition) is 0. The second kappa shape index (κ2) is 8.19. The van der Waals surface area contributed by atoms with Crippen LogP contribution in [0.15, 0.2) is 59.1 Å². The van der Waals surface area contributed by atoms with Crippen molar-refractivity contribution in [3.63, 3.8) is 0 Å². The molecule has 158 valence electrons. The highest BCUT2D eigenvalue weighted by Crippen LogP contribution is 2.31. The first kappa shape index (κ1) is 22.6. The van der Waals surface area contributed by atoms with Crippen LogP contribution in [0.25, 0.3) is 10.8 Å². The summed E-state index contributed by atoms with van der Waals surface area (Å²) >= 11 is 3.61. The lowest BCUT2D eigenvalue weighted by Gasteiger charge is -2.27. The number of carbonyl (C=O) groups is 1. The van der Waals surface area contributed by atoms with Gasteiger partial charge in [0.2, 0.25) is 0 Å². The molecule has 3 aromatic carbocycles. The fourth-order valence-corrected chi connectivity index (χ4v) is 4.09. The molecule has 0 aliphatic carbocycles. The van der Waals surface area contributed by atoms with E-state index >= 15 is 0 Å². The minimum atomic E-state index is -0.0133. The van der Waals surface area contributed by atoms with Crippen LogP contribution >= 0.6 is 15.9 Å². The molecule has 0 atom stereocenters. The molecule has 3 heteroatoms. The number of nitrogens with zero attached hydrogens (tertiary/aromatic N) is 1. The molecule has 0 saturated carbocycles. The summed E-state index contributed by atoms with van der Waals surface area (Å²) in [5.41, 5.74) is 4.25. The highest BCUT2D eigenvalue weighted by Gasteiger charge is 2.23. The first-order valence-corrected chi connectivity index (χ1v) is 11.2. The molecule has 0 bridgehead atoms. The van der Waals surface area contributed by atoms with Crippen molar-refractivity contribution < 1.29 is 4.79 Å². The average Bonchev–Trinajstić information content (AvgIpc) is 2.65. The van der Waals surface area contributed by atoms with E-state index in [-0.39, 0.29) is 16.7 Å². The summed E-state index contributed by atoms with van der Waals surface area (Å²) in [6.45, 7) is 13.7. The second-order valence-corrected chi connectivity index (χ2v) is 11.1. The van der Waals surface area contributed by atoms with Crippen molar-refractivity contribution in [2.45, 2.75) is 58.9 Å². The molecule has 0 saturated heterocycles. The average molecular weight is 466 g/mol. The van der Waals surface area contributed by atoms with E-state index < -0.39 is 0 Å². The first-order chi connectivity index (χ1) is 13.9. The Morgan fingerprint density at radius 1 is 0.867 bits per heavy atom. The minimum Gasteiger partial charge on any atom is -0.337 e. The van der Waals surface area contributed by atoms with Gasteiger partial charge in [-0.1, -0.05) is 87.8 Å². The molecule has 0 N–H and O–H groups in total. The Kier molecular flexibility index (Phi) is 6.15. The van der Waals surface area contributed by atoms with Gasteiger partial charge in [-0.15, -0.1) is 0 Å². The van der Waals surface area contributed by atoms with E-state index in [1.54, 1.807) is 0 Å². The maximum atomic E-state index is 13.3. The fraction of sp³-hybridized carbons (Fsp3) is 0.370. The standard InChI is InChI=1S/C27H32BrNO/c1-26(2,3)21-14-20(15-22(16-21)27(4,5)6)25(30)29(7)17-18-11-12-23-19(13-18)9-8-10-24(23)28/h8-16H,17H2,1-7H3. The van der Waals surface area contributed by atoms with Gasteiger partial charge in [-0.25, -0.2) is 0 Å². The zero-order valence-electron chi connectivity index (χ0n) is 19.1. The van der Waals surface area contributed by atoms with Gasteiger partial charge in [-0.05, 0) is 62.6 Å². The number of fused-ring (bicyclic) bond motifs is 1. The highest BCUT2D eigenvalue weighted by molar-refractivity contribution is 9.10. The zero-order chi connectivity index (χ0) is 22.3. The van der Waals surface area contributed by atoms with Crippen LogP contribution in [0.4, 0.5) is 0 Å². The maximum absolute atomic E-state index is 13.3. The predicted octanol–water partition coefficient (Wildman–Crippen LogP) is 7.47. The third-order valence-corrected chi connectivity index (χ3v) is 6.26. The van der Waals surface area contributed by atoms with Crippen molar-refractivity contribution >= 4 is 32.6 Å². The normalized spacial score (nSPS) is 12.3. The van der Waals surface area contributed by atoms with E-state index in [4.69, 9.17) is 0 Å². The molecule has 0 spiro atoms. The Bertz CT molecular complexity index is 1050. The minimum absolute atomic E-state index is 0.0133. The van der Waals surface area contributed by atoms with Crippen molar-refractivity contribution in [1.29, 1.82) is 0 Å². The molecule has 0 aliphatic heterocycles. The van der Waals surface area contributed by atoms with Crippen LogP contribution in [0, 0.1) is 0 Å². The number of amides is 1. The Morgan fingerprint density at radius 2 is 1.47 bits per heavy atom. The molecular weight excluding hydrogens is 434 g/mol. The van der Waals surface area contributed by atoms with Crippen molar-refractivity contribution in [2.24, 2.45) is 0 Å². The highest BCUT2D eigenvalue weighted by atomic mass is 79.9. The topological polar surface area (TPSA) is 20.3 Å². The SMILES string of the molecule is CN(Cc1ccc2c(Br)cccc2c1)C(=O)c1cc(C(C)(C)C)cc(C(C)(C)C)c1. The van der Waals surface area contributed by atoms with Crippen LogP contribution in [-0.4, -0.2) is 17.9 Å². The molecule has 0 unspecified atom stereocenters. The van der Waals surface area contributed by atoms with Crippen LogP contribution < -0.4 is 0 Å². The Balaban J connectivity index is 1.92. The lowest BCUT2D eigenvalue weighted by Crippen LogP contribution is -2.27. The molecule has 0 heterocycles. The van der Waals surface area contributed by atoms with Crippen LogP contribution in [0.2, 0.25) is 0 Å². The maximum Gasteiger partial charge on any atom is 0.253 e. The summed E-state index contributed by atoms with van der Waals surface area (Å²) in [6, 6.07) is 18.9. The van der Waals surface area contributed by atoms with E-state index in [1.807, 2.05) is 24.1 Å². The lowest BCUT2D eigenvalue weighted by molar-refractivity contribution is 0.0785. The number of carbonyl (C=O) groups excluding carboxylic acids is 1. The Hall–Kier alpha value is -2.13. The van der Waals surface area contributed by atoms with E-state index in [9.17, 15) is 4.79 Å². The van der Waals surface area contributed by atoms with Crippen molar-refractivity contribution in [3.05, 3.63) is 81.3 Å². The van der Waals surface area contributed by atoms with Crippen molar-refractivity contribution in [3.8, 4) is 0 Å². The van der Waals surface area contributed by atoms with Crippen molar-refractivity contribution in [1.82, 2.24) is 4.90 Å². The number of benzene rings is 3. The summed E-state index contributed by atoms with van der Waals surface area (Å²) in [4.78, 5) is 15.2. The number of hydrogen-bond acceptors (Lipinski definition) is 1. The Morgan fingerprint density at radius 3 is 2.03 bits per heavy atom. The molecule has 2 nitrogen and oxygen atoms in total. The molecular formula is C27H32BrNO. The zero-order valence-corrected chi connectivity index (χ0v) is 20.7. The smallest absolute Gasteiger partial charge is 0.253 e. The molecule has 3 aromatic rings. The van der Waals surface area contributed by atoms with Crippen molar-refractivity contribution in [2.75, 3.05) is 7.05 Å². The van der Waals surface area contributed by atoms with E-state index in [1.165, 1.54) is 21.9 Å². The van der Waals surface area contributed by atoms with Crippen LogP contribution in [0.3, 0.4) is 0 Å². The van der Waals surface area contributed by atoms with Gasteiger partial charge in [0.25, 0.3) is 5.91 Å². The molecule has 0 aromatic heterocycles. The molecule has 3 rings (SSSR count). The Labute approximate surface area is 189 Å². The largest absolute Gasteiger partial charge is 0.337 e. The summed E-state index contributed by atoms with van der Waals surface area (Å²) < 4.78 is 1.09. The van der Waals surface area contributed by atoms with Gasteiger partial charge in [0.05, 0.1) is 0 Å². The monoisotopic (exact) mass is 465 g/mol. The first-order valence-electron chi connectivity index (χ1n) is 10.4. The summed E-state index contributed by atoms with van der Waals surface area (Å²) in [5.74, 6) is 0.0564. The van der Waals surface area contributed by atoms with Gasteiger partial charge in [-0.3, -0.25) is 4.79 Å². The van der Waals surface area contributed by atoms with Gasteiger partial charge >= 0.3 is 0 Å². The van der Waals surface area contributed by atoms with Gasteiger partial charge in [0, 0.05) is 23.6 Å². The molecule has 0 fully saturated rings. The van der Waals surface area contributed by atoms with Gasteiger partial charge in [-0.2, -0.15) is 0 Å². The third kappa shape index (κ3) is 4.95.